The number of carbonyl (C=O) groups is 2. The highest BCUT2D eigenvalue weighted by molar-refractivity contribution is 9.10. The van der Waals surface area contributed by atoms with Crippen LogP contribution in [0.15, 0.2) is 15.6 Å². The molecule has 2 bridgehead atoms. The normalized spacial score (nSPS) is 24.8. The van der Waals surface area contributed by atoms with Gasteiger partial charge in [0.05, 0.1) is 33.8 Å². The summed E-state index contributed by atoms with van der Waals surface area (Å²) in [6, 6.07) is 1.53. The first-order valence-electron chi connectivity index (χ1n) is 11.6. The maximum atomic E-state index is 15.3. The van der Waals surface area contributed by atoms with E-state index < -0.39 is 11.9 Å². The Morgan fingerprint density at radius 1 is 1.37 bits per heavy atom. The molecule has 0 spiro atoms. The molecule has 4 fully saturated rings. The van der Waals surface area contributed by atoms with E-state index in [4.69, 9.17) is 0 Å². The van der Waals surface area contributed by atoms with Crippen LogP contribution in [0.5, 0.6) is 0 Å². The minimum Gasteiger partial charge on any atom is -0.465 e. The number of carboxylic acid groups (broad SMARTS) is 1. The van der Waals surface area contributed by atoms with Crippen molar-refractivity contribution >= 4 is 56.3 Å². The zero-order valence-electron chi connectivity index (χ0n) is 19.7. The summed E-state index contributed by atoms with van der Waals surface area (Å²) in [5.41, 5.74) is 2.32. The molecule has 35 heavy (non-hydrogen) atoms. The summed E-state index contributed by atoms with van der Waals surface area (Å²) in [5, 5.41) is 14.3. The van der Waals surface area contributed by atoms with Crippen LogP contribution < -0.4 is 5.32 Å². The second-order valence-electron chi connectivity index (χ2n) is 9.40. The van der Waals surface area contributed by atoms with Crippen molar-refractivity contribution in [2.45, 2.75) is 56.3 Å². The monoisotopic (exact) mass is 560 g/mol. The third kappa shape index (κ3) is 4.02. The maximum Gasteiger partial charge on any atom is 0.407 e. The Hall–Kier alpha value is -2.51. The number of likely N-dealkylation sites (tertiary alicyclic amines) is 1. The molecular weight excluding hydrogens is 535 g/mol. The minimum atomic E-state index is -0.914. The summed E-state index contributed by atoms with van der Waals surface area (Å²) in [5.74, 6) is 6.34. The van der Waals surface area contributed by atoms with E-state index in [0.717, 1.165) is 24.8 Å². The molecule has 2 aromatic rings. The first kappa shape index (κ1) is 24.2. The van der Waals surface area contributed by atoms with Gasteiger partial charge in [-0.2, -0.15) is 0 Å². The van der Waals surface area contributed by atoms with Gasteiger partial charge >= 0.3 is 6.09 Å². The van der Waals surface area contributed by atoms with Crippen LogP contribution in [-0.2, 0) is 4.79 Å². The van der Waals surface area contributed by atoms with Crippen molar-refractivity contribution in [1.82, 2.24) is 14.8 Å². The van der Waals surface area contributed by atoms with Gasteiger partial charge in [-0.15, -0.1) is 11.8 Å². The molecule has 1 aromatic carbocycles. The zero-order valence-corrected chi connectivity index (χ0v) is 22.1. The number of amides is 2. The number of halogens is 2. The third-order valence-electron chi connectivity index (χ3n) is 7.38. The smallest absolute Gasteiger partial charge is 0.407 e. The van der Waals surface area contributed by atoms with Gasteiger partial charge in [-0.1, -0.05) is 11.8 Å². The molecule has 3 aliphatic heterocycles. The number of fused-ring (bicyclic) bond motifs is 2. The molecule has 184 valence electrons. The molecule has 1 saturated carbocycles. The number of nitrogens with one attached hydrogen (secondary N) is 1. The lowest BCUT2D eigenvalue weighted by atomic mass is 9.79. The van der Waals surface area contributed by atoms with Gasteiger partial charge < -0.3 is 20.2 Å². The van der Waals surface area contributed by atoms with E-state index in [1.807, 2.05) is 19.2 Å². The molecular formula is C25H26BrFN4O3S. The van der Waals surface area contributed by atoms with Gasteiger partial charge in [0.15, 0.2) is 5.82 Å². The topological polar surface area (TPSA) is 85.8 Å². The summed E-state index contributed by atoms with van der Waals surface area (Å²) >= 11 is 4.72. The number of thioether (sulfide) groups is 1. The standard InChI is InChI=1S/C25H26BrFN4O3S/c1-12-9-17-22(28-21-14-10-18(21)31(11-14)25(33)34)16(7-6-15-5-4-8-30(15)13(2)32)24(35-3)29-23(17)20(27)19(12)26/h9,14-15,18,21H,4-5,8,10-11H2,1-3H3,(H,28,29)(H,33,34)/t14-,15?,18-,21+/m1/s1. The third-order valence-corrected chi connectivity index (χ3v) is 9.03. The van der Waals surface area contributed by atoms with Crippen LogP contribution >= 0.6 is 27.7 Å². The number of rotatable bonds is 3. The summed E-state index contributed by atoms with van der Waals surface area (Å²) < 4.78 is 15.7. The number of hydrogen-bond donors (Lipinski definition) is 2. The SMILES string of the molecule is CSc1nc2c(F)c(Br)c(C)cc2c(N[C@H]2[C@@H]3C[C@H]2N(C(=O)O)C3)c1C#CC1CCCN1C(C)=O. The van der Waals surface area contributed by atoms with Crippen molar-refractivity contribution in [2.24, 2.45) is 5.92 Å². The highest BCUT2D eigenvalue weighted by Crippen LogP contribution is 2.45. The Morgan fingerprint density at radius 3 is 2.80 bits per heavy atom. The second kappa shape index (κ2) is 9.17. The van der Waals surface area contributed by atoms with Gasteiger partial charge in [0.2, 0.25) is 5.91 Å². The average molecular weight is 561 g/mol. The van der Waals surface area contributed by atoms with Crippen molar-refractivity contribution in [3.05, 3.63) is 27.5 Å². The summed E-state index contributed by atoms with van der Waals surface area (Å²) in [6.45, 7) is 4.57. The van der Waals surface area contributed by atoms with E-state index in [1.165, 1.54) is 16.7 Å². The lowest BCUT2D eigenvalue weighted by Crippen LogP contribution is -2.49. The van der Waals surface area contributed by atoms with E-state index in [0.29, 0.717) is 39.2 Å². The predicted octanol–water partition coefficient (Wildman–Crippen LogP) is 4.69. The fourth-order valence-corrected chi connectivity index (χ4v) is 6.37. The first-order valence-corrected chi connectivity index (χ1v) is 13.6. The van der Waals surface area contributed by atoms with Crippen molar-refractivity contribution in [3.63, 3.8) is 0 Å². The predicted molar refractivity (Wildman–Crippen MR) is 137 cm³/mol. The number of anilines is 1. The summed E-state index contributed by atoms with van der Waals surface area (Å²) in [6.07, 6.45) is 3.50. The summed E-state index contributed by atoms with van der Waals surface area (Å²) in [7, 11) is 0. The van der Waals surface area contributed by atoms with Gasteiger partial charge in [-0.05, 0) is 60.0 Å². The van der Waals surface area contributed by atoms with Crippen LogP contribution in [0.25, 0.3) is 10.9 Å². The van der Waals surface area contributed by atoms with Crippen LogP contribution in [0, 0.1) is 30.5 Å². The molecule has 1 aromatic heterocycles. The largest absolute Gasteiger partial charge is 0.465 e. The molecule has 0 radical (unpaired) electrons. The van der Waals surface area contributed by atoms with Crippen molar-refractivity contribution in [1.29, 1.82) is 0 Å². The second-order valence-corrected chi connectivity index (χ2v) is 11.0. The Labute approximate surface area is 215 Å². The number of carbonyl (C=O) groups excluding carboxylic acids is 1. The highest BCUT2D eigenvalue weighted by atomic mass is 79.9. The van der Waals surface area contributed by atoms with Crippen LogP contribution in [-0.4, -0.2) is 69.4 Å². The van der Waals surface area contributed by atoms with Crippen LogP contribution in [0.3, 0.4) is 0 Å². The molecule has 2 N–H and O–H groups in total. The molecule has 4 atom stereocenters. The molecule has 10 heteroatoms. The van der Waals surface area contributed by atoms with Crippen LogP contribution in [0.1, 0.15) is 37.3 Å². The number of aromatic nitrogens is 1. The molecule has 2 amide bonds. The van der Waals surface area contributed by atoms with Crippen LogP contribution in [0.4, 0.5) is 14.9 Å². The molecule has 4 heterocycles. The van der Waals surface area contributed by atoms with E-state index in [1.54, 1.807) is 11.8 Å². The highest BCUT2D eigenvalue weighted by Gasteiger charge is 2.54. The number of nitrogens with zero attached hydrogens (tertiary/aromatic N) is 3. The first-order chi connectivity index (χ1) is 16.7. The lowest BCUT2D eigenvalue weighted by molar-refractivity contribution is -0.128. The Bertz CT molecular complexity index is 1310. The number of pyridine rings is 1. The molecule has 1 unspecified atom stereocenters. The maximum absolute atomic E-state index is 15.3. The van der Waals surface area contributed by atoms with Gasteiger partial charge in [0.25, 0.3) is 0 Å². The van der Waals surface area contributed by atoms with E-state index >= 15 is 4.39 Å². The fourth-order valence-electron chi connectivity index (χ4n) is 5.52. The molecule has 3 saturated heterocycles. The Kier molecular flexibility index (Phi) is 6.34. The van der Waals surface area contributed by atoms with Gasteiger partial charge in [-0.25, -0.2) is 14.2 Å². The van der Waals surface area contributed by atoms with Crippen molar-refractivity contribution < 1.29 is 19.1 Å². The summed E-state index contributed by atoms with van der Waals surface area (Å²) in [4.78, 5) is 31.6. The average Bonchev–Trinajstić information content (AvgIpc) is 3.55. The van der Waals surface area contributed by atoms with Gasteiger partial charge in [0.1, 0.15) is 10.5 Å². The molecule has 1 aliphatic carbocycles. The number of aryl methyl sites for hydroxylation is 1. The van der Waals surface area contributed by atoms with E-state index in [9.17, 15) is 14.7 Å². The zero-order chi connectivity index (χ0) is 25.0. The Morgan fingerprint density at radius 2 is 2.14 bits per heavy atom. The molecule has 6 rings (SSSR count). The van der Waals surface area contributed by atoms with Gasteiger partial charge in [0, 0.05) is 31.3 Å². The number of hydrogen-bond acceptors (Lipinski definition) is 5. The number of benzene rings is 1. The van der Waals surface area contributed by atoms with E-state index in [-0.39, 0.29) is 35.5 Å². The van der Waals surface area contributed by atoms with Crippen molar-refractivity contribution in [2.75, 3.05) is 24.7 Å². The Balaban J connectivity index is 1.65. The fraction of sp³-hybridized carbons (Fsp3) is 0.480. The lowest BCUT2D eigenvalue weighted by Gasteiger charge is -2.37. The molecule has 7 nitrogen and oxygen atoms in total. The minimum absolute atomic E-state index is 0.00391. The van der Waals surface area contributed by atoms with Crippen molar-refractivity contribution in [3.8, 4) is 11.8 Å². The van der Waals surface area contributed by atoms with E-state index in [2.05, 4.69) is 38.1 Å². The molecule has 4 aliphatic rings. The van der Waals surface area contributed by atoms with Crippen LogP contribution in [0.2, 0.25) is 0 Å². The van der Waals surface area contributed by atoms with Gasteiger partial charge in [-0.3, -0.25) is 4.79 Å². The quantitative estimate of drug-likeness (QED) is 0.418.